The van der Waals surface area contributed by atoms with E-state index in [2.05, 4.69) is 43.0 Å². The fraction of sp³-hybridized carbons (Fsp3) is 0.667. The van der Waals surface area contributed by atoms with E-state index in [1.807, 2.05) is 6.92 Å². The van der Waals surface area contributed by atoms with Crippen LogP contribution in [0.1, 0.15) is 64.5 Å². The van der Waals surface area contributed by atoms with Gasteiger partial charge in [-0.2, -0.15) is 0 Å². The average molecular weight is 274 g/mol. The van der Waals surface area contributed by atoms with Crippen molar-refractivity contribution in [2.45, 2.75) is 65.0 Å². The average Bonchev–Trinajstić information content (AvgIpc) is 2.93. The monoisotopic (exact) mass is 274 g/mol. The Labute approximate surface area is 124 Å². The fourth-order valence-electron chi connectivity index (χ4n) is 3.11. The lowest BCUT2D eigenvalue weighted by Crippen LogP contribution is -2.34. The molecule has 1 aliphatic rings. The van der Waals surface area contributed by atoms with E-state index in [-0.39, 0.29) is 6.04 Å². The van der Waals surface area contributed by atoms with Crippen molar-refractivity contribution in [2.75, 3.05) is 11.4 Å². The van der Waals surface area contributed by atoms with E-state index >= 15 is 0 Å². The van der Waals surface area contributed by atoms with Gasteiger partial charge in [0.05, 0.1) is 0 Å². The predicted octanol–water partition coefficient (Wildman–Crippen LogP) is 4.50. The molecule has 1 fully saturated rings. The SMILES string of the molecule is CC(C)CCN(c1ccc(C(C)N)cc1)C1CCCC1. The van der Waals surface area contributed by atoms with Gasteiger partial charge in [0.2, 0.25) is 0 Å². The molecule has 1 saturated carbocycles. The first-order valence-electron chi connectivity index (χ1n) is 8.20. The number of hydrogen-bond donors (Lipinski definition) is 1. The third kappa shape index (κ3) is 3.99. The zero-order chi connectivity index (χ0) is 14.5. The fourth-order valence-corrected chi connectivity index (χ4v) is 3.11. The summed E-state index contributed by atoms with van der Waals surface area (Å²) in [6, 6.07) is 9.78. The second-order valence-electron chi connectivity index (χ2n) is 6.69. The minimum absolute atomic E-state index is 0.125. The summed E-state index contributed by atoms with van der Waals surface area (Å²) in [5.74, 6) is 0.766. The number of nitrogens with two attached hydrogens (primary N) is 1. The molecule has 0 aromatic heterocycles. The molecule has 0 radical (unpaired) electrons. The van der Waals surface area contributed by atoms with Gasteiger partial charge < -0.3 is 10.6 Å². The number of rotatable bonds is 6. The summed E-state index contributed by atoms with van der Waals surface area (Å²) in [6.07, 6.45) is 6.76. The van der Waals surface area contributed by atoms with Gasteiger partial charge in [-0.3, -0.25) is 0 Å². The quantitative estimate of drug-likeness (QED) is 0.827. The third-order valence-electron chi connectivity index (χ3n) is 4.46. The minimum atomic E-state index is 0.125. The standard InChI is InChI=1S/C18H30N2/c1-14(2)12-13-20(17-6-4-5-7-17)18-10-8-16(9-11-18)15(3)19/h8-11,14-15,17H,4-7,12-13,19H2,1-3H3. The van der Waals surface area contributed by atoms with E-state index in [0.717, 1.165) is 12.0 Å². The van der Waals surface area contributed by atoms with E-state index in [1.54, 1.807) is 0 Å². The lowest BCUT2D eigenvalue weighted by atomic mass is 10.1. The van der Waals surface area contributed by atoms with Gasteiger partial charge in [-0.15, -0.1) is 0 Å². The van der Waals surface area contributed by atoms with Gasteiger partial charge in [0.25, 0.3) is 0 Å². The molecule has 2 nitrogen and oxygen atoms in total. The minimum Gasteiger partial charge on any atom is -0.369 e. The number of anilines is 1. The van der Waals surface area contributed by atoms with Gasteiger partial charge in [-0.05, 0) is 49.8 Å². The molecule has 1 aromatic carbocycles. The molecule has 1 aromatic rings. The molecule has 2 heteroatoms. The maximum atomic E-state index is 5.95. The molecule has 0 amide bonds. The second-order valence-corrected chi connectivity index (χ2v) is 6.69. The Morgan fingerprint density at radius 1 is 1.10 bits per heavy atom. The lowest BCUT2D eigenvalue weighted by Gasteiger charge is -2.32. The number of benzene rings is 1. The van der Waals surface area contributed by atoms with E-state index in [0.29, 0.717) is 0 Å². The van der Waals surface area contributed by atoms with Crippen LogP contribution in [0, 0.1) is 5.92 Å². The Morgan fingerprint density at radius 2 is 1.70 bits per heavy atom. The smallest absolute Gasteiger partial charge is 0.0368 e. The van der Waals surface area contributed by atoms with E-state index in [9.17, 15) is 0 Å². The highest BCUT2D eigenvalue weighted by Crippen LogP contribution is 2.29. The van der Waals surface area contributed by atoms with E-state index in [4.69, 9.17) is 5.73 Å². The first-order valence-corrected chi connectivity index (χ1v) is 8.20. The number of nitrogens with zero attached hydrogens (tertiary/aromatic N) is 1. The molecule has 1 unspecified atom stereocenters. The highest BCUT2D eigenvalue weighted by atomic mass is 15.2. The molecule has 0 heterocycles. The van der Waals surface area contributed by atoms with Crippen molar-refractivity contribution in [3.05, 3.63) is 29.8 Å². The maximum absolute atomic E-state index is 5.95. The molecule has 0 spiro atoms. The Kier molecular flexibility index (Phi) is 5.47. The highest BCUT2D eigenvalue weighted by Gasteiger charge is 2.22. The molecule has 2 rings (SSSR count). The van der Waals surface area contributed by atoms with Crippen LogP contribution in [0.5, 0.6) is 0 Å². The van der Waals surface area contributed by atoms with Crippen molar-refractivity contribution in [3.8, 4) is 0 Å². The first-order chi connectivity index (χ1) is 9.58. The lowest BCUT2D eigenvalue weighted by molar-refractivity contribution is 0.528. The molecule has 2 N–H and O–H groups in total. The van der Waals surface area contributed by atoms with Crippen LogP contribution >= 0.6 is 0 Å². The van der Waals surface area contributed by atoms with Crippen molar-refractivity contribution in [3.63, 3.8) is 0 Å². The van der Waals surface area contributed by atoms with Crippen LogP contribution in [0.2, 0.25) is 0 Å². The Bertz CT molecular complexity index is 388. The summed E-state index contributed by atoms with van der Waals surface area (Å²) < 4.78 is 0. The van der Waals surface area contributed by atoms with Gasteiger partial charge in [-0.25, -0.2) is 0 Å². The van der Waals surface area contributed by atoms with Crippen molar-refractivity contribution in [2.24, 2.45) is 11.7 Å². The topological polar surface area (TPSA) is 29.3 Å². The van der Waals surface area contributed by atoms with E-state index < -0.39 is 0 Å². The Hall–Kier alpha value is -1.02. The molecule has 1 aliphatic carbocycles. The summed E-state index contributed by atoms with van der Waals surface area (Å²) in [5, 5.41) is 0. The van der Waals surface area contributed by atoms with E-state index in [1.165, 1.54) is 49.9 Å². The highest BCUT2D eigenvalue weighted by molar-refractivity contribution is 5.49. The van der Waals surface area contributed by atoms with Crippen molar-refractivity contribution in [1.29, 1.82) is 0 Å². The van der Waals surface area contributed by atoms with Crippen LogP contribution in [0.3, 0.4) is 0 Å². The molecule has 112 valence electrons. The van der Waals surface area contributed by atoms with Crippen molar-refractivity contribution in [1.82, 2.24) is 0 Å². The molecule has 0 bridgehead atoms. The molecule has 1 atom stereocenters. The van der Waals surface area contributed by atoms with Gasteiger partial charge >= 0.3 is 0 Å². The van der Waals surface area contributed by atoms with Crippen LogP contribution in [-0.2, 0) is 0 Å². The first kappa shape index (κ1) is 15.4. The zero-order valence-electron chi connectivity index (χ0n) is 13.3. The summed E-state index contributed by atoms with van der Waals surface area (Å²) in [4.78, 5) is 2.64. The summed E-state index contributed by atoms with van der Waals surface area (Å²) in [7, 11) is 0. The normalized spacial score (nSPS) is 17.6. The molecule has 0 saturated heterocycles. The maximum Gasteiger partial charge on any atom is 0.0368 e. The van der Waals surface area contributed by atoms with Crippen LogP contribution < -0.4 is 10.6 Å². The van der Waals surface area contributed by atoms with Crippen molar-refractivity contribution < 1.29 is 0 Å². The second kappa shape index (κ2) is 7.12. The summed E-state index contributed by atoms with van der Waals surface area (Å²) in [5.41, 5.74) is 8.55. The Morgan fingerprint density at radius 3 is 2.20 bits per heavy atom. The van der Waals surface area contributed by atoms with Crippen LogP contribution in [-0.4, -0.2) is 12.6 Å². The Balaban J connectivity index is 2.11. The zero-order valence-corrected chi connectivity index (χ0v) is 13.3. The van der Waals surface area contributed by atoms with Gasteiger partial charge in [0.1, 0.15) is 0 Å². The molecular formula is C18H30N2. The molecule has 20 heavy (non-hydrogen) atoms. The van der Waals surface area contributed by atoms with Gasteiger partial charge in [-0.1, -0.05) is 38.8 Å². The van der Waals surface area contributed by atoms with Crippen LogP contribution in [0.4, 0.5) is 5.69 Å². The summed E-state index contributed by atoms with van der Waals surface area (Å²) in [6.45, 7) is 7.85. The predicted molar refractivity (Wildman–Crippen MR) is 88.1 cm³/mol. The van der Waals surface area contributed by atoms with Crippen LogP contribution in [0.15, 0.2) is 24.3 Å². The largest absolute Gasteiger partial charge is 0.369 e. The molecule has 0 aliphatic heterocycles. The van der Waals surface area contributed by atoms with Gasteiger partial charge in [0.15, 0.2) is 0 Å². The number of hydrogen-bond acceptors (Lipinski definition) is 2. The van der Waals surface area contributed by atoms with Gasteiger partial charge in [0, 0.05) is 24.3 Å². The van der Waals surface area contributed by atoms with Crippen LogP contribution in [0.25, 0.3) is 0 Å². The molecular weight excluding hydrogens is 244 g/mol. The van der Waals surface area contributed by atoms with Crippen molar-refractivity contribution >= 4 is 5.69 Å². The summed E-state index contributed by atoms with van der Waals surface area (Å²) >= 11 is 0. The third-order valence-corrected chi connectivity index (χ3v) is 4.46.